The maximum Gasteiger partial charge on any atom is 0.255 e. The summed E-state index contributed by atoms with van der Waals surface area (Å²) in [6, 6.07) is 0.799. The summed E-state index contributed by atoms with van der Waals surface area (Å²) in [5, 5.41) is 45.9. The Kier molecular flexibility index (Phi) is 6.99. The topological polar surface area (TPSA) is 174 Å². The van der Waals surface area contributed by atoms with Crippen molar-refractivity contribution in [2.24, 2.45) is 23.0 Å². The highest BCUT2D eigenvalue weighted by atomic mass is 16.5. The van der Waals surface area contributed by atoms with Gasteiger partial charge in [-0.1, -0.05) is 6.92 Å². The molecule has 41 heavy (non-hydrogen) atoms. The third-order valence-electron chi connectivity index (χ3n) is 9.39. The van der Waals surface area contributed by atoms with Gasteiger partial charge in [0.15, 0.2) is 11.4 Å². The van der Waals surface area contributed by atoms with Crippen LogP contribution in [0.5, 0.6) is 5.75 Å². The molecule has 0 aromatic heterocycles. The molecule has 4 atom stereocenters. The van der Waals surface area contributed by atoms with Crippen LogP contribution in [0.4, 0.5) is 5.69 Å². The number of carbonyl (C=O) groups is 3. The van der Waals surface area contributed by atoms with Gasteiger partial charge in [-0.15, -0.1) is 0 Å². The number of benzene rings is 1. The number of hydrogen-bond donors (Lipinski definition) is 5. The molecule has 1 saturated heterocycles. The minimum Gasteiger partial charge on any atom is -0.508 e. The average molecular weight is 570 g/mol. The van der Waals surface area contributed by atoms with Gasteiger partial charge >= 0.3 is 0 Å². The number of phenols is 1. The number of ketones is 2. The lowest BCUT2D eigenvalue weighted by molar-refractivity contribution is -0.153. The van der Waals surface area contributed by atoms with E-state index in [1.165, 1.54) is 4.90 Å². The zero-order chi connectivity index (χ0) is 30.2. The van der Waals surface area contributed by atoms with E-state index in [0.717, 1.165) is 18.5 Å². The third kappa shape index (κ3) is 4.24. The highest BCUT2D eigenvalue weighted by molar-refractivity contribution is 6.24. The summed E-state index contributed by atoms with van der Waals surface area (Å²) in [5.74, 6) is -6.44. The predicted octanol–water partition coefficient (Wildman–Crippen LogP) is 1.39. The molecule has 0 spiro atoms. The van der Waals surface area contributed by atoms with Crippen molar-refractivity contribution in [1.29, 1.82) is 0 Å². The minimum absolute atomic E-state index is 0.0573. The number of ether oxygens (including phenoxy) is 1. The second kappa shape index (κ2) is 9.85. The Hall–Kier alpha value is -3.41. The van der Waals surface area contributed by atoms with Crippen molar-refractivity contribution in [3.63, 3.8) is 0 Å². The first-order valence-corrected chi connectivity index (χ1v) is 13.9. The maximum atomic E-state index is 14.1. The minimum atomic E-state index is -2.65. The zero-order valence-electron chi connectivity index (χ0n) is 24.2. The molecular formula is C30H39N3O8. The van der Waals surface area contributed by atoms with Crippen LogP contribution >= 0.6 is 0 Å². The number of aliphatic hydroxyl groups excluding tert-OH is 2. The van der Waals surface area contributed by atoms with Gasteiger partial charge < -0.3 is 35.8 Å². The van der Waals surface area contributed by atoms with Gasteiger partial charge in [0.25, 0.3) is 5.91 Å². The van der Waals surface area contributed by atoms with Gasteiger partial charge in [0.05, 0.1) is 24.8 Å². The first kappa shape index (κ1) is 29.1. The van der Waals surface area contributed by atoms with Crippen molar-refractivity contribution in [2.45, 2.75) is 50.7 Å². The van der Waals surface area contributed by atoms with Gasteiger partial charge in [-0.25, -0.2) is 0 Å². The van der Waals surface area contributed by atoms with Crippen molar-refractivity contribution >= 4 is 28.9 Å². The number of nitrogens with two attached hydrogens (primary N) is 1. The number of rotatable bonds is 7. The van der Waals surface area contributed by atoms with E-state index in [4.69, 9.17) is 10.5 Å². The molecule has 3 aliphatic carbocycles. The highest BCUT2D eigenvalue weighted by Gasteiger charge is 2.64. The van der Waals surface area contributed by atoms with Gasteiger partial charge in [0.1, 0.15) is 22.8 Å². The molecule has 1 amide bonds. The predicted molar refractivity (Wildman–Crippen MR) is 150 cm³/mol. The lowest BCUT2D eigenvalue weighted by Crippen LogP contribution is -2.65. The van der Waals surface area contributed by atoms with E-state index in [2.05, 4.69) is 6.92 Å². The number of carbonyl (C=O) groups excluding carboxylic acids is 3. The van der Waals surface area contributed by atoms with Crippen LogP contribution in [0, 0.1) is 17.3 Å². The van der Waals surface area contributed by atoms with E-state index >= 15 is 0 Å². The van der Waals surface area contributed by atoms with Crippen LogP contribution in [-0.4, -0.2) is 95.8 Å². The van der Waals surface area contributed by atoms with Gasteiger partial charge in [-0.05, 0) is 69.3 Å². The molecule has 1 aliphatic heterocycles. The summed E-state index contributed by atoms with van der Waals surface area (Å²) in [4.78, 5) is 42.9. The standard InChI is InChI=1S/C30H39N3O8/c1-29(12-41-13-29)8-6-7-14-11-18(32(2)3)16-9-15-10-17-22(33(4)5)25(36)21(28(31)39)27(38)30(17,40)26(37)19(15)24(35)20(16)23(14)34/h11,15,17,22,34-35,38,40H,6-10,12-13H2,1-5H3,(H2,31,39)/t15-,17-,22-,30-/m0/s1. The monoisotopic (exact) mass is 569 g/mol. The van der Waals surface area contributed by atoms with E-state index < -0.39 is 58.0 Å². The Morgan fingerprint density at radius 1 is 1.15 bits per heavy atom. The Morgan fingerprint density at radius 3 is 2.34 bits per heavy atom. The molecule has 5 rings (SSSR count). The summed E-state index contributed by atoms with van der Waals surface area (Å²) in [7, 11) is 6.88. The first-order valence-electron chi connectivity index (χ1n) is 13.9. The lowest BCUT2D eigenvalue weighted by atomic mass is 9.57. The number of anilines is 1. The summed E-state index contributed by atoms with van der Waals surface area (Å²) in [6.07, 6.45) is 2.54. The van der Waals surface area contributed by atoms with Gasteiger partial charge in [-0.3, -0.25) is 19.3 Å². The Morgan fingerprint density at radius 2 is 1.80 bits per heavy atom. The molecule has 0 bridgehead atoms. The SMILES string of the molecule is CN(C)c1cc(CCCC2(C)COC2)c(O)c2c1C[C@H]1C[C@H]3[C@H](N(C)C)C(=O)C(C(N)=O)=C(O)[C@@]3(O)C(=O)C1=C2O. The fraction of sp³-hybridized carbons (Fsp3) is 0.567. The summed E-state index contributed by atoms with van der Waals surface area (Å²) < 4.78 is 5.35. The molecular weight excluding hydrogens is 530 g/mol. The van der Waals surface area contributed by atoms with E-state index in [-0.39, 0.29) is 35.1 Å². The zero-order valence-corrected chi connectivity index (χ0v) is 24.2. The molecule has 11 nitrogen and oxygen atoms in total. The fourth-order valence-corrected chi connectivity index (χ4v) is 7.24. The third-order valence-corrected chi connectivity index (χ3v) is 9.39. The van der Waals surface area contributed by atoms with Crippen LogP contribution < -0.4 is 10.6 Å². The number of fused-ring (bicyclic) bond motifs is 3. The molecule has 11 heteroatoms. The summed E-state index contributed by atoms with van der Waals surface area (Å²) in [6.45, 7) is 3.56. The molecule has 6 N–H and O–H groups in total. The Balaban J connectivity index is 1.63. The number of aliphatic hydroxyl groups is 3. The molecule has 222 valence electrons. The smallest absolute Gasteiger partial charge is 0.255 e. The van der Waals surface area contributed by atoms with Crippen LogP contribution in [0.3, 0.4) is 0 Å². The molecule has 0 radical (unpaired) electrons. The summed E-state index contributed by atoms with van der Waals surface area (Å²) in [5.41, 5.74) is 4.07. The number of primary amides is 1. The van der Waals surface area contributed by atoms with Crippen LogP contribution in [0.15, 0.2) is 23.0 Å². The van der Waals surface area contributed by atoms with Crippen molar-refractivity contribution in [3.8, 4) is 5.75 Å². The molecule has 1 heterocycles. The normalized spacial score (nSPS) is 28.7. The van der Waals surface area contributed by atoms with Crippen LogP contribution in [-0.2, 0) is 32.0 Å². The van der Waals surface area contributed by atoms with Crippen LogP contribution in [0.1, 0.15) is 42.9 Å². The number of aromatic hydroxyl groups is 1. The van der Waals surface area contributed by atoms with Gasteiger partial charge in [0.2, 0.25) is 5.78 Å². The van der Waals surface area contributed by atoms with Crippen LogP contribution in [0.2, 0.25) is 0 Å². The number of aryl methyl sites for hydroxylation is 1. The van der Waals surface area contributed by atoms with E-state index in [9.17, 15) is 34.8 Å². The Bertz CT molecular complexity index is 1410. The quantitative estimate of drug-likeness (QED) is 0.302. The molecule has 1 saturated carbocycles. The molecule has 1 aromatic rings. The lowest BCUT2D eigenvalue weighted by Gasteiger charge is -2.50. The van der Waals surface area contributed by atoms with E-state index in [1.807, 2.05) is 25.1 Å². The van der Waals surface area contributed by atoms with Crippen molar-refractivity contribution < 1.29 is 39.5 Å². The molecule has 4 aliphatic rings. The van der Waals surface area contributed by atoms with Gasteiger partial charge in [0, 0.05) is 36.7 Å². The van der Waals surface area contributed by atoms with Crippen LogP contribution in [0.25, 0.3) is 5.76 Å². The molecule has 0 unspecified atom stereocenters. The van der Waals surface area contributed by atoms with Crippen molar-refractivity contribution in [1.82, 2.24) is 4.90 Å². The largest absolute Gasteiger partial charge is 0.508 e. The second-order valence-corrected chi connectivity index (χ2v) is 12.8. The summed E-state index contributed by atoms with van der Waals surface area (Å²) >= 11 is 0. The number of phenolic OH excluding ortho intramolecular Hbond substituents is 1. The average Bonchev–Trinajstić information content (AvgIpc) is 2.85. The fourth-order valence-electron chi connectivity index (χ4n) is 7.24. The number of likely N-dealkylation sites (N-methyl/N-ethyl adjacent to an activating group) is 1. The number of hydrogen-bond acceptors (Lipinski definition) is 10. The number of nitrogens with zero attached hydrogens (tertiary/aromatic N) is 2. The van der Waals surface area contributed by atoms with Crippen molar-refractivity contribution in [2.75, 3.05) is 46.3 Å². The van der Waals surface area contributed by atoms with Crippen molar-refractivity contribution in [3.05, 3.63) is 39.7 Å². The number of Topliss-reactive ketones (excluding diaryl/α,β-unsaturated/α-hetero) is 2. The highest BCUT2D eigenvalue weighted by Crippen LogP contribution is 2.54. The Labute approximate surface area is 238 Å². The molecule has 2 fully saturated rings. The first-order chi connectivity index (χ1) is 19.1. The van der Waals surface area contributed by atoms with Gasteiger partial charge in [-0.2, -0.15) is 0 Å². The van der Waals surface area contributed by atoms with E-state index in [1.54, 1.807) is 14.1 Å². The molecule has 1 aromatic carbocycles. The number of amides is 1. The maximum absolute atomic E-state index is 14.1. The van der Waals surface area contributed by atoms with E-state index in [0.29, 0.717) is 30.8 Å². The second-order valence-electron chi connectivity index (χ2n) is 12.8.